The fraction of sp³-hybridized carbons (Fsp3) is 0.417. The molecule has 0 bridgehead atoms. The summed E-state index contributed by atoms with van der Waals surface area (Å²) in [6, 6.07) is 3.68. The highest BCUT2D eigenvalue weighted by atomic mass is 19.4. The Balaban J connectivity index is 2.17. The van der Waals surface area contributed by atoms with Crippen molar-refractivity contribution in [2.45, 2.75) is 18.6 Å². The van der Waals surface area contributed by atoms with Crippen LogP contribution in [0.4, 0.5) is 13.2 Å². The van der Waals surface area contributed by atoms with E-state index in [1.54, 1.807) is 18.2 Å². The third kappa shape index (κ3) is 3.37. The molecule has 1 amide bonds. The van der Waals surface area contributed by atoms with Crippen LogP contribution in [0.25, 0.3) is 0 Å². The van der Waals surface area contributed by atoms with Gasteiger partial charge in [-0.15, -0.1) is 0 Å². The van der Waals surface area contributed by atoms with Gasteiger partial charge in [0.05, 0.1) is 13.2 Å². The average molecular weight is 274 g/mol. The maximum absolute atomic E-state index is 12.2. The number of nitrogens with two attached hydrogens (primary N) is 1. The van der Waals surface area contributed by atoms with Crippen molar-refractivity contribution in [3.05, 3.63) is 29.3 Å². The molecule has 1 unspecified atom stereocenters. The van der Waals surface area contributed by atoms with Crippen molar-refractivity contribution in [3.63, 3.8) is 0 Å². The van der Waals surface area contributed by atoms with Gasteiger partial charge in [0, 0.05) is 6.42 Å². The highest BCUT2D eigenvalue weighted by Crippen LogP contribution is 2.28. The molecule has 7 heteroatoms. The first-order valence-electron chi connectivity index (χ1n) is 5.72. The summed E-state index contributed by atoms with van der Waals surface area (Å²) < 4.78 is 41.8. The SMILES string of the molecule is NC(=O)C(NCC(F)(F)F)c1ccc2c(c1)CCO2. The first-order chi connectivity index (χ1) is 8.87. The molecule has 0 saturated heterocycles. The highest BCUT2D eigenvalue weighted by molar-refractivity contribution is 5.81. The summed E-state index contributed by atoms with van der Waals surface area (Å²) in [6.07, 6.45) is -3.72. The Morgan fingerprint density at radius 1 is 1.47 bits per heavy atom. The number of benzene rings is 1. The Morgan fingerprint density at radius 2 is 2.21 bits per heavy atom. The zero-order valence-electron chi connectivity index (χ0n) is 9.96. The largest absolute Gasteiger partial charge is 0.493 e. The number of nitrogens with one attached hydrogen (secondary N) is 1. The van der Waals surface area contributed by atoms with Crippen LogP contribution in [0.2, 0.25) is 0 Å². The predicted molar refractivity (Wildman–Crippen MR) is 61.6 cm³/mol. The first-order valence-corrected chi connectivity index (χ1v) is 5.72. The maximum Gasteiger partial charge on any atom is 0.401 e. The van der Waals surface area contributed by atoms with Gasteiger partial charge in [-0.05, 0) is 23.3 Å². The number of ether oxygens (including phenoxy) is 1. The summed E-state index contributed by atoms with van der Waals surface area (Å²) in [7, 11) is 0. The molecule has 1 aliphatic heterocycles. The molecule has 1 heterocycles. The number of carbonyl (C=O) groups is 1. The Bertz CT molecular complexity index is 488. The lowest BCUT2D eigenvalue weighted by molar-refractivity contribution is -0.130. The van der Waals surface area contributed by atoms with Gasteiger partial charge in [0.25, 0.3) is 0 Å². The number of halogens is 3. The summed E-state index contributed by atoms with van der Waals surface area (Å²) in [5.41, 5.74) is 6.43. The summed E-state index contributed by atoms with van der Waals surface area (Å²) >= 11 is 0. The van der Waals surface area contributed by atoms with E-state index in [1.165, 1.54) is 0 Å². The highest BCUT2D eigenvalue weighted by Gasteiger charge is 2.30. The Morgan fingerprint density at radius 3 is 2.84 bits per heavy atom. The second kappa shape index (κ2) is 5.08. The molecule has 0 spiro atoms. The number of primary amides is 1. The molecule has 1 aromatic rings. The van der Waals surface area contributed by atoms with E-state index in [4.69, 9.17) is 10.5 Å². The Hall–Kier alpha value is -1.76. The molecule has 0 fully saturated rings. The number of fused-ring (bicyclic) bond motifs is 1. The van der Waals surface area contributed by atoms with Crippen LogP contribution in [0, 0.1) is 0 Å². The molecule has 0 aliphatic carbocycles. The van der Waals surface area contributed by atoms with Crippen molar-refractivity contribution in [1.82, 2.24) is 5.32 Å². The van der Waals surface area contributed by atoms with Gasteiger partial charge in [-0.3, -0.25) is 10.1 Å². The molecule has 19 heavy (non-hydrogen) atoms. The quantitative estimate of drug-likeness (QED) is 0.869. The maximum atomic E-state index is 12.2. The lowest BCUT2D eigenvalue weighted by Gasteiger charge is -2.17. The lowest BCUT2D eigenvalue weighted by atomic mass is 10.0. The van der Waals surface area contributed by atoms with Crippen LogP contribution in [-0.4, -0.2) is 25.2 Å². The fourth-order valence-corrected chi connectivity index (χ4v) is 1.99. The van der Waals surface area contributed by atoms with Crippen molar-refractivity contribution in [2.24, 2.45) is 5.73 Å². The van der Waals surface area contributed by atoms with Crippen LogP contribution in [0.5, 0.6) is 5.75 Å². The van der Waals surface area contributed by atoms with Crippen LogP contribution in [0.1, 0.15) is 17.2 Å². The number of amides is 1. The first kappa shape index (κ1) is 13.7. The van der Waals surface area contributed by atoms with Gasteiger partial charge in [-0.25, -0.2) is 0 Å². The van der Waals surface area contributed by atoms with Gasteiger partial charge in [0.15, 0.2) is 0 Å². The van der Waals surface area contributed by atoms with E-state index in [0.717, 1.165) is 5.56 Å². The van der Waals surface area contributed by atoms with Crippen LogP contribution in [0.15, 0.2) is 18.2 Å². The summed E-state index contributed by atoms with van der Waals surface area (Å²) in [5.74, 6) is -0.147. The molecule has 0 radical (unpaired) electrons. The number of alkyl halides is 3. The molecule has 2 rings (SSSR count). The van der Waals surface area contributed by atoms with Gasteiger partial charge in [-0.2, -0.15) is 13.2 Å². The van der Waals surface area contributed by atoms with E-state index < -0.39 is 24.7 Å². The van der Waals surface area contributed by atoms with Crippen LogP contribution >= 0.6 is 0 Å². The van der Waals surface area contributed by atoms with E-state index in [1.807, 2.05) is 0 Å². The average Bonchev–Trinajstić information content (AvgIpc) is 2.74. The molecule has 3 N–H and O–H groups in total. The minimum Gasteiger partial charge on any atom is -0.493 e. The van der Waals surface area contributed by atoms with Gasteiger partial charge in [0.1, 0.15) is 11.8 Å². The molecule has 0 aromatic heterocycles. The standard InChI is InChI=1S/C12H13F3N2O2/c13-12(14,15)6-17-10(11(16)18)8-1-2-9-7(5-8)3-4-19-9/h1-2,5,10,17H,3-4,6H2,(H2,16,18). The van der Waals surface area contributed by atoms with Gasteiger partial charge in [0.2, 0.25) is 5.91 Å². The molecule has 0 saturated carbocycles. The summed E-state index contributed by atoms with van der Waals surface area (Å²) in [5, 5.41) is 2.13. The van der Waals surface area contributed by atoms with E-state index >= 15 is 0 Å². The predicted octanol–water partition coefficient (Wildman–Crippen LogP) is 1.30. The number of hydrogen-bond acceptors (Lipinski definition) is 3. The molecular formula is C12H13F3N2O2. The Labute approximate surface area is 107 Å². The zero-order valence-corrected chi connectivity index (χ0v) is 9.96. The molecule has 4 nitrogen and oxygen atoms in total. The van der Waals surface area contributed by atoms with Crippen molar-refractivity contribution >= 4 is 5.91 Å². The van der Waals surface area contributed by atoms with E-state index in [2.05, 4.69) is 5.32 Å². The van der Waals surface area contributed by atoms with Gasteiger partial charge in [-0.1, -0.05) is 6.07 Å². The Kier molecular flexibility index (Phi) is 3.66. The second-order valence-electron chi connectivity index (χ2n) is 4.30. The number of hydrogen-bond donors (Lipinski definition) is 2. The van der Waals surface area contributed by atoms with Crippen molar-refractivity contribution in [1.29, 1.82) is 0 Å². The molecule has 1 atom stereocenters. The van der Waals surface area contributed by atoms with E-state index in [0.29, 0.717) is 24.3 Å². The van der Waals surface area contributed by atoms with Gasteiger partial charge < -0.3 is 10.5 Å². The van der Waals surface area contributed by atoms with Crippen molar-refractivity contribution < 1.29 is 22.7 Å². The van der Waals surface area contributed by atoms with Crippen LogP contribution < -0.4 is 15.8 Å². The van der Waals surface area contributed by atoms with E-state index in [9.17, 15) is 18.0 Å². The van der Waals surface area contributed by atoms with Crippen molar-refractivity contribution in [2.75, 3.05) is 13.2 Å². The molecule has 1 aliphatic rings. The minimum absolute atomic E-state index is 0.418. The van der Waals surface area contributed by atoms with Crippen molar-refractivity contribution in [3.8, 4) is 5.75 Å². The smallest absolute Gasteiger partial charge is 0.401 e. The summed E-state index contributed by atoms with van der Waals surface area (Å²) in [4.78, 5) is 11.3. The summed E-state index contributed by atoms with van der Waals surface area (Å²) in [6.45, 7) is -0.732. The fourth-order valence-electron chi connectivity index (χ4n) is 1.99. The van der Waals surface area contributed by atoms with Crippen LogP contribution in [0.3, 0.4) is 0 Å². The van der Waals surface area contributed by atoms with E-state index in [-0.39, 0.29) is 0 Å². The zero-order chi connectivity index (χ0) is 14.0. The number of rotatable bonds is 4. The second-order valence-corrected chi connectivity index (χ2v) is 4.30. The topological polar surface area (TPSA) is 64.4 Å². The third-order valence-electron chi connectivity index (χ3n) is 2.84. The molecular weight excluding hydrogens is 261 g/mol. The normalized spacial score (nSPS) is 15.7. The lowest BCUT2D eigenvalue weighted by Crippen LogP contribution is -2.39. The molecule has 1 aromatic carbocycles. The third-order valence-corrected chi connectivity index (χ3v) is 2.84. The van der Waals surface area contributed by atoms with Gasteiger partial charge >= 0.3 is 6.18 Å². The molecule has 104 valence electrons. The minimum atomic E-state index is -4.40. The number of carbonyl (C=O) groups excluding carboxylic acids is 1. The van der Waals surface area contributed by atoms with Crippen LogP contribution in [-0.2, 0) is 11.2 Å². The monoisotopic (exact) mass is 274 g/mol.